The lowest BCUT2D eigenvalue weighted by Crippen LogP contribution is -3.00. The molecule has 3 aromatic rings. The molecule has 2 aromatic carbocycles. The zero-order chi connectivity index (χ0) is 14.7. The molecule has 0 spiro atoms. The van der Waals surface area contributed by atoms with Gasteiger partial charge in [-0.05, 0) is 43.3 Å². The Balaban J connectivity index is 0.00000176. The van der Waals surface area contributed by atoms with Crippen molar-refractivity contribution in [2.24, 2.45) is 0 Å². The Labute approximate surface area is 139 Å². The first-order valence-electron chi connectivity index (χ1n) is 6.57. The van der Waals surface area contributed by atoms with E-state index in [1.807, 2.05) is 55.5 Å². The van der Waals surface area contributed by atoms with Gasteiger partial charge in [0.05, 0.1) is 0 Å². The summed E-state index contributed by atoms with van der Waals surface area (Å²) in [6, 6.07) is 15.3. The maximum absolute atomic E-state index is 5.86. The summed E-state index contributed by atoms with van der Waals surface area (Å²) in [6.07, 6.45) is 0. The van der Waals surface area contributed by atoms with Crippen LogP contribution in [0.1, 0.15) is 11.4 Å². The summed E-state index contributed by atoms with van der Waals surface area (Å²) in [5.74, 6) is 2.12. The number of aromatic amines is 1. The number of halogens is 2. The second kappa shape index (κ2) is 7.29. The average molecular weight is 335 g/mol. The molecule has 0 saturated heterocycles. The molecule has 1 aromatic heterocycles. The molecule has 22 heavy (non-hydrogen) atoms. The van der Waals surface area contributed by atoms with Crippen LogP contribution in [0.4, 0.5) is 0 Å². The number of ether oxygens (including phenoxy) is 1. The van der Waals surface area contributed by atoms with Crippen molar-refractivity contribution in [1.29, 1.82) is 0 Å². The van der Waals surface area contributed by atoms with Gasteiger partial charge in [-0.3, -0.25) is 5.10 Å². The minimum absolute atomic E-state index is 0. The van der Waals surface area contributed by atoms with E-state index in [9.17, 15) is 0 Å². The van der Waals surface area contributed by atoms with Crippen LogP contribution in [0.2, 0.25) is 5.02 Å². The quantitative estimate of drug-likeness (QED) is 0.774. The van der Waals surface area contributed by atoms with Gasteiger partial charge in [0.25, 0.3) is 0 Å². The highest BCUT2D eigenvalue weighted by atomic mass is 35.5. The van der Waals surface area contributed by atoms with Crippen molar-refractivity contribution in [2.75, 3.05) is 0 Å². The summed E-state index contributed by atoms with van der Waals surface area (Å²) < 4.78 is 5.66. The van der Waals surface area contributed by atoms with E-state index in [4.69, 9.17) is 16.3 Å². The maximum atomic E-state index is 5.86. The molecule has 1 N–H and O–H groups in total. The van der Waals surface area contributed by atoms with Crippen molar-refractivity contribution in [1.82, 2.24) is 15.2 Å². The highest BCUT2D eigenvalue weighted by molar-refractivity contribution is 6.30. The number of nitrogens with zero attached hydrogens (tertiary/aromatic N) is 2. The zero-order valence-corrected chi connectivity index (χ0v) is 13.4. The van der Waals surface area contributed by atoms with Gasteiger partial charge in [-0.2, -0.15) is 5.10 Å². The van der Waals surface area contributed by atoms with E-state index in [0.717, 1.165) is 11.3 Å². The molecular weight excluding hydrogens is 321 g/mol. The molecule has 0 atom stereocenters. The first kappa shape index (κ1) is 16.3. The molecule has 0 aliphatic carbocycles. The van der Waals surface area contributed by atoms with Crippen molar-refractivity contribution in [2.45, 2.75) is 13.5 Å². The summed E-state index contributed by atoms with van der Waals surface area (Å²) >= 11 is 5.86. The van der Waals surface area contributed by atoms with Crippen LogP contribution in [0, 0.1) is 6.92 Å². The van der Waals surface area contributed by atoms with E-state index < -0.39 is 0 Å². The Morgan fingerprint density at radius 3 is 2.41 bits per heavy atom. The third kappa shape index (κ3) is 4.00. The monoisotopic (exact) mass is 334 g/mol. The smallest absolute Gasteiger partial charge is 0.181 e. The Kier molecular flexibility index (Phi) is 5.41. The molecule has 0 saturated carbocycles. The predicted octanol–water partition coefficient (Wildman–Crippen LogP) is 1.02. The van der Waals surface area contributed by atoms with Crippen LogP contribution in [0.3, 0.4) is 0 Å². The van der Waals surface area contributed by atoms with Crippen molar-refractivity contribution >= 4 is 11.6 Å². The van der Waals surface area contributed by atoms with Crippen LogP contribution in [-0.2, 0) is 6.61 Å². The second-order valence-corrected chi connectivity index (χ2v) is 5.15. The summed E-state index contributed by atoms with van der Waals surface area (Å²) in [7, 11) is 0. The van der Waals surface area contributed by atoms with E-state index in [2.05, 4.69) is 15.2 Å². The fourth-order valence-corrected chi connectivity index (χ4v) is 2.00. The lowest BCUT2D eigenvalue weighted by Gasteiger charge is -2.03. The molecule has 4 nitrogen and oxygen atoms in total. The van der Waals surface area contributed by atoms with Crippen LogP contribution < -0.4 is 17.1 Å². The van der Waals surface area contributed by atoms with Crippen LogP contribution in [-0.4, -0.2) is 15.2 Å². The molecule has 0 fully saturated rings. The average Bonchev–Trinajstić information content (AvgIpc) is 2.96. The molecule has 6 heteroatoms. The van der Waals surface area contributed by atoms with E-state index in [1.165, 1.54) is 5.56 Å². The number of hydrogen-bond acceptors (Lipinski definition) is 3. The Bertz CT molecular complexity index is 724. The lowest BCUT2D eigenvalue weighted by atomic mass is 10.2. The van der Waals surface area contributed by atoms with Gasteiger partial charge in [0, 0.05) is 10.6 Å². The Hall–Kier alpha value is -2.04. The van der Waals surface area contributed by atoms with Crippen LogP contribution in [0.25, 0.3) is 11.4 Å². The van der Waals surface area contributed by atoms with Gasteiger partial charge < -0.3 is 17.1 Å². The normalized spacial score (nSPS) is 10.1. The number of aryl methyl sites for hydroxylation is 1. The van der Waals surface area contributed by atoms with Gasteiger partial charge in [-0.15, -0.1) is 0 Å². The zero-order valence-electron chi connectivity index (χ0n) is 11.9. The third-order valence-electron chi connectivity index (χ3n) is 3.03. The minimum atomic E-state index is 0. The molecule has 0 aliphatic heterocycles. The van der Waals surface area contributed by atoms with Crippen LogP contribution in [0.5, 0.6) is 5.75 Å². The summed E-state index contributed by atoms with van der Waals surface area (Å²) in [6.45, 7) is 2.39. The fraction of sp³-hybridized carbons (Fsp3) is 0.125. The molecule has 0 radical (unpaired) electrons. The maximum Gasteiger partial charge on any atom is 0.181 e. The second-order valence-electron chi connectivity index (χ2n) is 4.71. The van der Waals surface area contributed by atoms with Gasteiger partial charge in [0.15, 0.2) is 11.6 Å². The largest absolute Gasteiger partial charge is 1.00 e. The number of hydrogen-bond donors (Lipinski definition) is 1. The molecule has 1 heterocycles. The molecule has 3 rings (SSSR count). The van der Waals surface area contributed by atoms with E-state index in [1.54, 1.807) is 0 Å². The van der Waals surface area contributed by atoms with Crippen LogP contribution >= 0.6 is 11.6 Å². The van der Waals surface area contributed by atoms with Gasteiger partial charge >= 0.3 is 0 Å². The molecule has 0 bridgehead atoms. The van der Waals surface area contributed by atoms with E-state index in [0.29, 0.717) is 23.3 Å². The summed E-state index contributed by atoms with van der Waals surface area (Å²) in [5.41, 5.74) is 2.12. The highest BCUT2D eigenvalue weighted by Crippen LogP contribution is 2.18. The topological polar surface area (TPSA) is 50.8 Å². The van der Waals surface area contributed by atoms with Gasteiger partial charge in [0.1, 0.15) is 12.4 Å². The summed E-state index contributed by atoms with van der Waals surface area (Å²) in [5, 5.41) is 7.76. The van der Waals surface area contributed by atoms with E-state index in [-0.39, 0.29) is 12.4 Å². The van der Waals surface area contributed by atoms with Gasteiger partial charge in [-0.25, -0.2) is 4.98 Å². The number of H-pyrrole nitrogens is 1. The number of nitrogens with one attached hydrogen (secondary N) is 1. The van der Waals surface area contributed by atoms with Crippen molar-refractivity contribution in [3.63, 3.8) is 0 Å². The van der Waals surface area contributed by atoms with Crippen molar-refractivity contribution in [3.8, 4) is 17.1 Å². The molecular formula is C16H14Cl2N3O-. The number of aromatic nitrogens is 3. The lowest BCUT2D eigenvalue weighted by molar-refractivity contribution is -0.00000471. The molecule has 0 unspecified atom stereocenters. The van der Waals surface area contributed by atoms with Gasteiger partial charge in [-0.1, -0.05) is 29.3 Å². The highest BCUT2D eigenvalue weighted by Gasteiger charge is 2.06. The number of benzene rings is 2. The van der Waals surface area contributed by atoms with E-state index >= 15 is 0 Å². The van der Waals surface area contributed by atoms with Gasteiger partial charge in [0.2, 0.25) is 0 Å². The first-order valence-corrected chi connectivity index (χ1v) is 6.95. The standard InChI is InChI=1S/C16H14ClN3O.ClH/c1-11-2-8-14(9-3-11)21-10-15-18-16(20-19-15)12-4-6-13(17)7-5-12;/h2-9H,10H2,1H3,(H,18,19,20);1H/p-1. The predicted molar refractivity (Wildman–Crippen MR) is 82.3 cm³/mol. The minimum Gasteiger partial charge on any atom is -1.00 e. The van der Waals surface area contributed by atoms with Crippen molar-refractivity contribution < 1.29 is 17.1 Å². The van der Waals surface area contributed by atoms with Crippen LogP contribution in [0.15, 0.2) is 48.5 Å². The molecule has 114 valence electrons. The molecule has 0 amide bonds. The SMILES string of the molecule is Cc1ccc(OCc2nc(-c3ccc(Cl)cc3)n[nH]2)cc1.[Cl-]. The molecule has 0 aliphatic rings. The fourth-order valence-electron chi connectivity index (χ4n) is 1.87. The third-order valence-corrected chi connectivity index (χ3v) is 3.28. The number of rotatable bonds is 4. The first-order chi connectivity index (χ1) is 10.2. The summed E-state index contributed by atoms with van der Waals surface area (Å²) in [4.78, 5) is 4.41. The Morgan fingerprint density at radius 1 is 1.05 bits per heavy atom. The Morgan fingerprint density at radius 2 is 1.73 bits per heavy atom. The van der Waals surface area contributed by atoms with Crippen molar-refractivity contribution in [3.05, 3.63) is 64.9 Å².